The first-order valence-electron chi connectivity index (χ1n) is 10.1. The first-order valence-corrected chi connectivity index (χ1v) is 13.6. The Bertz CT molecular complexity index is 968. The van der Waals surface area contributed by atoms with Gasteiger partial charge in [0.2, 0.25) is 0 Å². The molecular formula is C16H26N2O15P2S. The molecule has 0 aromatic heterocycles. The molecule has 3 aliphatic heterocycles. The summed E-state index contributed by atoms with van der Waals surface area (Å²) in [4.78, 5) is 32.2. The van der Waals surface area contributed by atoms with Gasteiger partial charge in [-0.3, -0.25) is 13.8 Å². The van der Waals surface area contributed by atoms with Gasteiger partial charge in [0.25, 0.3) is 5.91 Å². The third-order valence-electron chi connectivity index (χ3n) is 5.27. The maximum Gasteiger partial charge on any atom is 0.483 e. The van der Waals surface area contributed by atoms with Crippen LogP contribution in [0.4, 0.5) is 0 Å². The van der Waals surface area contributed by atoms with Crippen molar-refractivity contribution in [2.45, 2.75) is 54.4 Å². The van der Waals surface area contributed by atoms with Gasteiger partial charge in [-0.2, -0.15) is 16.9 Å². The topological polar surface area (TPSA) is 254 Å². The number of nitrogens with one attached hydrogen (secondary N) is 1. The number of amides is 1. The molecule has 1 amide bonds. The highest BCUT2D eigenvalue weighted by Gasteiger charge is 2.49. The quantitative estimate of drug-likeness (QED) is 0.0963. The van der Waals surface area contributed by atoms with Crippen molar-refractivity contribution in [3.63, 3.8) is 0 Å². The van der Waals surface area contributed by atoms with Gasteiger partial charge in [-0.25, -0.2) is 9.13 Å². The molecule has 2 fully saturated rings. The molecule has 3 rings (SSSR count). The summed E-state index contributed by atoms with van der Waals surface area (Å²) in [6.45, 7) is 1.94. The second-order valence-corrected chi connectivity index (χ2v) is 11.4. The Morgan fingerprint density at radius 2 is 1.72 bits per heavy atom. The first kappa shape index (κ1) is 29.6. The number of carbonyl (C=O) groups excluding carboxylic acids is 1. The third kappa shape index (κ3) is 6.74. The minimum atomic E-state index is -5.50. The molecule has 0 spiro atoms. The highest BCUT2D eigenvalue weighted by Crippen LogP contribution is 2.61. The molecular weight excluding hydrogens is 554 g/mol. The number of phosphoric acid groups is 2. The van der Waals surface area contributed by atoms with Crippen LogP contribution in [0.3, 0.4) is 0 Å². The normalized spacial score (nSPS) is 40.6. The molecule has 0 saturated carbocycles. The Labute approximate surface area is 209 Å². The number of thiol groups is 1. The Kier molecular flexibility index (Phi) is 9.42. The van der Waals surface area contributed by atoms with E-state index in [1.54, 1.807) is 0 Å². The molecule has 8 N–H and O–H groups in total. The maximum absolute atomic E-state index is 12.2. The van der Waals surface area contributed by atoms with Crippen molar-refractivity contribution in [3.8, 4) is 0 Å². The molecule has 206 valence electrons. The number of phosphoric ester groups is 2. The lowest BCUT2D eigenvalue weighted by atomic mass is 10.0. The maximum atomic E-state index is 12.2. The molecule has 2 saturated heterocycles. The zero-order chi connectivity index (χ0) is 27.0. The first-order chi connectivity index (χ1) is 16.7. The fourth-order valence-electron chi connectivity index (χ4n) is 3.45. The molecule has 0 aromatic carbocycles. The summed E-state index contributed by atoms with van der Waals surface area (Å²) in [6.07, 6.45) is -10.6. The van der Waals surface area contributed by atoms with Crippen LogP contribution in [0.5, 0.6) is 0 Å². The van der Waals surface area contributed by atoms with Gasteiger partial charge in [0, 0.05) is 12.3 Å². The fraction of sp³-hybridized carbons (Fsp3) is 0.688. The van der Waals surface area contributed by atoms with Gasteiger partial charge >= 0.3 is 15.6 Å². The van der Waals surface area contributed by atoms with E-state index in [-0.39, 0.29) is 5.82 Å². The molecule has 0 aliphatic carbocycles. The minimum Gasteiger partial charge on any atom is -0.394 e. The van der Waals surface area contributed by atoms with Crippen molar-refractivity contribution in [1.82, 2.24) is 10.2 Å². The molecule has 20 heteroatoms. The number of carbonyl (C=O) groups is 1. The second kappa shape index (κ2) is 11.4. The average Bonchev–Trinajstić information content (AvgIpc) is 3.06. The van der Waals surface area contributed by atoms with Crippen LogP contribution in [-0.4, -0.2) is 114 Å². The Balaban J connectivity index is 1.58. The van der Waals surface area contributed by atoms with E-state index < -0.39 is 89.2 Å². The lowest BCUT2D eigenvalue weighted by Gasteiger charge is -2.40. The summed E-state index contributed by atoms with van der Waals surface area (Å²) in [5.41, 5.74) is 0. The Hall–Kier alpha value is -0.920. The second-order valence-electron chi connectivity index (χ2n) is 7.82. The van der Waals surface area contributed by atoms with Crippen molar-refractivity contribution >= 4 is 34.2 Å². The third-order valence-corrected chi connectivity index (χ3v) is 8.51. The van der Waals surface area contributed by atoms with Crippen LogP contribution in [-0.2, 0) is 36.8 Å². The van der Waals surface area contributed by atoms with Gasteiger partial charge in [-0.1, -0.05) is 6.58 Å². The summed E-state index contributed by atoms with van der Waals surface area (Å²) in [5, 5.41) is 50.9. The lowest BCUT2D eigenvalue weighted by molar-refractivity contribution is -0.241. The standard InChI is InChI=1S/C16H26N2O15P2S/c1-6-17-9(20)2-3-18(6)15-12(23)10(21)8(30-15)5-29-34(25,26)33-35(27,28)32-16-13(24)11(22)14(36)7(4-19)31-16/h2-3,7-8,10-16,19,21-24,36H,1,4-5H2,(H,17,20)(H,25,26)(H,27,28)/t7?,8-,10+,11-,12?,13?,14-,15-,16-/m1/s1. The van der Waals surface area contributed by atoms with Crippen LogP contribution in [0, 0.1) is 0 Å². The summed E-state index contributed by atoms with van der Waals surface area (Å²) < 4.78 is 48.1. The lowest BCUT2D eigenvalue weighted by Crippen LogP contribution is -2.57. The predicted molar refractivity (Wildman–Crippen MR) is 117 cm³/mol. The van der Waals surface area contributed by atoms with E-state index in [1.807, 2.05) is 0 Å². The zero-order valence-corrected chi connectivity index (χ0v) is 20.8. The molecule has 3 heterocycles. The molecule has 36 heavy (non-hydrogen) atoms. The van der Waals surface area contributed by atoms with Crippen LogP contribution in [0.25, 0.3) is 0 Å². The van der Waals surface area contributed by atoms with Crippen LogP contribution >= 0.6 is 28.3 Å². The number of aliphatic hydroxyl groups is 5. The van der Waals surface area contributed by atoms with E-state index in [2.05, 4.69) is 37.9 Å². The SMILES string of the molecule is C=C1NC(=O)C=CN1[C@@H]1O[C@H](COP(=O)(O)OP(=O)(O)O[C@H]2OC(CO)[C@@H](S)[C@H](O)C2O)[C@H](O)C1O. The molecule has 17 nitrogen and oxygen atoms in total. The van der Waals surface area contributed by atoms with E-state index in [1.165, 1.54) is 11.1 Å². The molecule has 11 atom stereocenters. The van der Waals surface area contributed by atoms with E-state index in [9.17, 15) is 49.2 Å². The fourth-order valence-corrected chi connectivity index (χ4v) is 5.95. The number of hydrogen-bond donors (Lipinski definition) is 9. The highest BCUT2D eigenvalue weighted by atomic mass is 32.1. The average molecular weight is 580 g/mol. The van der Waals surface area contributed by atoms with Crippen molar-refractivity contribution in [2.24, 2.45) is 0 Å². The van der Waals surface area contributed by atoms with Crippen LogP contribution in [0.1, 0.15) is 0 Å². The largest absolute Gasteiger partial charge is 0.483 e. The number of aliphatic hydroxyl groups excluding tert-OH is 5. The predicted octanol–water partition coefficient (Wildman–Crippen LogP) is -3.16. The van der Waals surface area contributed by atoms with Crippen LogP contribution in [0.2, 0.25) is 0 Å². The van der Waals surface area contributed by atoms with E-state index >= 15 is 0 Å². The van der Waals surface area contributed by atoms with Gasteiger partial charge in [-0.05, 0) is 0 Å². The molecule has 0 radical (unpaired) electrons. The van der Waals surface area contributed by atoms with Gasteiger partial charge in [0.05, 0.1) is 30.7 Å². The van der Waals surface area contributed by atoms with Gasteiger partial charge < -0.3 is 55.0 Å². The summed E-state index contributed by atoms with van der Waals surface area (Å²) >= 11 is 3.95. The van der Waals surface area contributed by atoms with E-state index in [0.717, 1.165) is 6.08 Å². The van der Waals surface area contributed by atoms with Gasteiger partial charge in [0.1, 0.15) is 30.2 Å². The summed E-state index contributed by atoms with van der Waals surface area (Å²) in [6, 6.07) is 0. The van der Waals surface area contributed by atoms with Crippen LogP contribution in [0.15, 0.2) is 24.7 Å². The van der Waals surface area contributed by atoms with Gasteiger partial charge in [0.15, 0.2) is 12.5 Å². The molecule has 0 bridgehead atoms. The van der Waals surface area contributed by atoms with Crippen molar-refractivity contribution < 1.29 is 72.1 Å². The molecule has 5 unspecified atom stereocenters. The van der Waals surface area contributed by atoms with Crippen molar-refractivity contribution in [1.29, 1.82) is 0 Å². The number of rotatable bonds is 9. The minimum absolute atomic E-state index is 0.0137. The molecule has 3 aliphatic rings. The monoisotopic (exact) mass is 580 g/mol. The smallest absolute Gasteiger partial charge is 0.394 e. The Morgan fingerprint density at radius 3 is 2.33 bits per heavy atom. The van der Waals surface area contributed by atoms with Crippen LogP contribution < -0.4 is 5.32 Å². The summed E-state index contributed by atoms with van der Waals surface area (Å²) in [5.74, 6) is -0.476. The van der Waals surface area contributed by atoms with Crippen molar-refractivity contribution in [3.05, 3.63) is 24.7 Å². The highest BCUT2D eigenvalue weighted by molar-refractivity contribution is 7.81. The number of ether oxygens (including phenoxy) is 2. The number of nitrogens with zero attached hydrogens (tertiary/aromatic N) is 1. The number of hydrogen-bond acceptors (Lipinski definition) is 15. The van der Waals surface area contributed by atoms with Gasteiger partial charge in [-0.15, -0.1) is 0 Å². The zero-order valence-electron chi connectivity index (χ0n) is 18.2. The molecule has 0 aromatic rings. The van der Waals surface area contributed by atoms with Crippen molar-refractivity contribution in [2.75, 3.05) is 13.2 Å². The Morgan fingerprint density at radius 1 is 1.06 bits per heavy atom. The summed E-state index contributed by atoms with van der Waals surface area (Å²) in [7, 11) is -10.9. The van der Waals surface area contributed by atoms with E-state index in [4.69, 9.17) is 9.47 Å². The van der Waals surface area contributed by atoms with E-state index in [0.29, 0.717) is 0 Å².